The Kier molecular flexibility index (Phi) is 7.19. The molecule has 1 aromatic heterocycles. The number of hydrogen-bond donors (Lipinski definition) is 4. The molecule has 9 nitrogen and oxygen atoms in total. The number of benzodiazepines with no additional fused rings is 1. The summed E-state index contributed by atoms with van der Waals surface area (Å²) in [7, 11) is 0. The normalized spacial score (nSPS) is 14.5. The van der Waals surface area contributed by atoms with E-state index in [0.717, 1.165) is 16.7 Å². The number of anilines is 2. The van der Waals surface area contributed by atoms with Crippen molar-refractivity contribution in [3.63, 3.8) is 0 Å². The summed E-state index contributed by atoms with van der Waals surface area (Å²) in [5.41, 5.74) is 4.37. The highest BCUT2D eigenvalue weighted by Gasteiger charge is 2.30. The molecular weight excluding hydrogens is 539 g/mol. The number of hydrogen-bond acceptors (Lipinski definition) is 5. The highest BCUT2D eigenvalue weighted by atomic mass is 35.5. The molecule has 0 bridgehead atoms. The first kappa shape index (κ1) is 26.1. The second-order valence-electron chi connectivity index (χ2n) is 8.88. The zero-order valence-corrected chi connectivity index (χ0v) is 22.3. The summed E-state index contributed by atoms with van der Waals surface area (Å²) in [5, 5.41) is 14.9. The van der Waals surface area contributed by atoms with Crippen molar-refractivity contribution in [3.05, 3.63) is 110 Å². The lowest BCUT2D eigenvalue weighted by atomic mass is 9.97. The molecule has 4 aromatic rings. The number of fused-ring (bicyclic) bond motifs is 1. The van der Waals surface area contributed by atoms with E-state index < -0.39 is 23.9 Å². The number of rotatable bonds is 5. The van der Waals surface area contributed by atoms with Crippen molar-refractivity contribution in [1.29, 1.82) is 0 Å². The average Bonchev–Trinajstić information content (AvgIpc) is 3.21. The molecule has 0 saturated carbocycles. The fourth-order valence-corrected chi connectivity index (χ4v) is 4.58. The van der Waals surface area contributed by atoms with E-state index in [1.165, 1.54) is 0 Å². The average molecular weight is 561 g/mol. The molecule has 3 aromatic carbocycles. The standard InChI is InChI=1S/C28H22Cl2N6O3/c1-14-7-3-5-9-17(14)22-19-13-16(29)11-12-20(19)31-28(39)25(32-22)34-27(38)23-21(30)24(36-35-23)33-26(37)18-10-6-4-8-15(18)2/h3-13,25H,1-2H3,(H,31,39)(H,34,38)(H2,33,35,36,37). The molecule has 4 N–H and O–H groups in total. The summed E-state index contributed by atoms with van der Waals surface area (Å²) < 4.78 is 0. The molecule has 0 aliphatic carbocycles. The maximum absolute atomic E-state index is 13.2. The van der Waals surface area contributed by atoms with Gasteiger partial charge in [0.1, 0.15) is 10.7 Å². The van der Waals surface area contributed by atoms with Crippen LogP contribution in [0.2, 0.25) is 10.0 Å². The van der Waals surface area contributed by atoms with Crippen LogP contribution < -0.4 is 16.0 Å². The van der Waals surface area contributed by atoms with Gasteiger partial charge >= 0.3 is 0 Å². The van der Waals surface area contributed by atoms with Crippen LogP contribution in [0, 0.1) is 13.8 Å². The quantitative estimate of drug-likeness (QED) is 0.269. The van der Waals surface area contributed by atoms with Crippen molar-refractivity contribution in [2.24, 2.45) is 4.99 Å². The molecule has 39 heavy (non-hydrogen) atoms. The van der Waals surface area contributed by atoms with E-state index in [4.69, 9.17) is 23.2 Å². The van der Waals surface area contributed by atoms with E-state index >= 15 is 0 Å². The number of aromatic amines is 1. The molecule has 5 rings (SSSR count). The summed E-state index contributed by atoms with van der Waals surface area (Å²) in [6, 6.07) is 19.6. The number of carbonyl (C=O) groups excluding carboxylic acids is 3. The van der Waals surface area contributed by atoms with Gasteiger partial charge in [0.25, 0.3) is 17.7 Å². The van der Waals surface area contributed by atoms with E-state index in [0.29, 0.717) is 27.5 Å². The van der Waals surface area contributed by atoms with E-state index in [2.05, 4.69) is 31.1 Å². The fraction of sp³-hybridized carbons (Fsp3) is 0.107. The number of carbonyl (C=O) groups is 3. The topological polar surface area (TPSA) is 128 Å². The minimum absolute atomic E-state index is 0.0217. The van der Waals surface area contributed by atoms with Crippen LogP contribution in [0.1, 0.15) is 43.1 Å². The summed E-state index contributed by atoms with van der Waals surface area (Å²) >= 11 is 12.7. The maximum Gasteiger partial charge on any atom is 0.272 e. The van der Waals surface area contributed by atoms with Gasteiger partial charge in [0.15, 0.2) is 5.82 Å². The first-order chi connectivity index (χ1) is 18.7. The Hall–Kier alpha value is -4.47. The molecule has 2 heterocycles. The summed E-state index contributed by atoms with van der Waals surface area (Å²) in [4.78, 5) is 43.7. The molecule has 0 saturated heterocycles. The molecule has 11 heteroatoms. The summed E-state index contributed by atoms with van der Waals surface area (Å²) in [6.07, 6.45) is -1.30. The number of aliphatic imine (C=N–C) groups is 1. The fourth-order valence-electron chi connectivity index (χ4n) is 4.19. The van der Waals surface area contributed by atoms with E-state index in [1.54, 1.807) is 43.3 Å². The van der Waals surface area contributed by atoms with Crippen molar-refractivity contribution >= 4 is 58.1 Å². The first-order valence-corrected chi connectivity index (χ1v) is 12.6. The Labute approximate surface area is 233 Å². The molecule has 1 atom stereocenters. The second kappa shape index (κ2) is 10.7. The van der Waals surface area contributed by atoms with Crippen LogP contribution in [-0.4, -0.2) is 39.8 Å². The zero-order chi connectivity index (χ0) is 27.7. The van der Waals surface area contributed by atoms with E-state index in [9.17, 15) is 14.4 Å². The third-order valence-corrected chi connectivity index (χ3v) is 6.83. The number of H-pyrrole nitrogens is 1. The zero-order valence-electron chi connectivity index (χ0n) is 20.8. The number of amides is 3. The Balaban J connectivity index is 1.44. The van der Waals surface area contributed by atoms with Crippen LogP contribution in [-0.2, 0) is 4.79 Å². The number of aryl methyl sites for hydroxylation is 2. The smallest absolute Gasteiger partial charge is 0.272 e. The molecule has 1 unspecified atom stereocenters. The molecular formula is C28H22Cl2N6O3. The summed E-state index contributed by atoms with van der Waals surface area (Å²) in [5.74, 6) is -1.74. The number of nitrogens with zero attached hydrogens (tertiary/aromatic N) is 2. The minimum Gasteiger partial charge on any atom is -0.322 e. The van der Waals surface area contributed by atoms with Gasteiger partial charge in [-0.1, -0.05) is 65.7 Å². The monoisotopic (exact) mass is 560 g/mol. The van der Waals surface area contributed by atoms with E-state index in [1.807, 2.05) is 37.3 Å². The van der Waals surface area contributed by atoms with E-state index in [-0.39, 0.29) is 16.5 Å². The van der Waals surface area contributed by atoms with Crippen molar-refractivity contribution in [2.75, 3.05) is 10.6 Å². The minimum atomic E-state index is -1.30. The van der Waals surface area contributed by atoms with Crippen molar-refractivity contribution in [3.8, 4) is 0 Å². The number of benzene rings is 3. The van der Waals surface area contributed by atoms with Gasteiger partial charge in [-0.15, -0.1) is 0 Å². The second-order valence-corrected chi connectivity index (χ2v) is 9.69. The number of aromatic nitrogens is 2. The number of nitrogens with one attached hydrogen (secondary N) is 4. The summed E-state index contributed by atoms with van der Waals surface area (Å²) in [6.45, 7) is 3.72. The molecule has 0 spiro atoms. The van der Waals surface area contributed by atoms with Crippen molar-refractivity contribution in [1.82, 2.24) is 15.5 Å². The van der Waals surface area contributed by atoms with Crippen molar-refractivity contribution < 1.29 is 14.4 Å². The van der Waals surface area contributed by atoms with Gasteiger partial charge in [-0.25, -0.2) is 4.99 Å². The lowest BCUT2D eigenvalue weighted by molar-refractivity contribution is -0.117. The molecule has 0 radical (unpaired) electrons. The Bertz CT molecular complexity index is 1660. The van der Waals surface area contributed by atoms with Gasteiger partial charge in [-0.3, -0.25) is 19.5 Å². The molecule has 1 aliphatic rings. The Morgan fingerprint density at radius 2 is 1.62 bits per heavy atom. The molecule has 0 fully saturated rings. The van der Waals surface area contributed by atoms with Gasteiger partial charge in [0.2, 0.25) is 6.17 Å². The van der Waals surface area contributed by atoms with Gasteiger partial charge in [0.05, 0.1) is 11.4 Å². The van der Waals surface area contributed by atoms with Crippen LogP contribution in [0.3, 0.4) is 0 Å². The SMILES string of the molecule is Cc1ccccc1C(=O)Nc1n[nH]c(C(=O)NC2N=C(c3ccccc3C)c3cc(Cl)ccc3NC2=O)c1Cl. The first-order valence-electron chi connectivity index (χ1n) is 11.9. The van der Waals surface area contributed by atoms with Gasteiger partial charge < -0.3 is 16.0 Å². The molecule has 1 aliphatic heterocycles. The van der Waals surface area contributed by atoms with Crippen LogP contribution in [0.15, 0.2) is 71.7 Å². The number of halogens is 2. The highest BCUT2D eigenvalue weighted by Crippen LogP contribution is 2.29. The Morgan fingerprint density at radius 3 is 2.36 bits per heavy atom. The molecule has 196 valence electrons. The van der Waals surface area contributed by atoms with Gasteiger partial charge in [-0.2, -0.15) is 5.10 Å². The maximum atomic E-state index is 13.2. The lowest BCUT2D eigenvalue weighted by Gasteiger charge is -2.13. The van der Waals surface area contributed by atoms with Crippen LogP contribution >= 0.6 is 23.2 Å². The predicted molar refractivity (Wildman–Crippen MR) is 151 cm³/mol. The third kappa shape index (κ3) is 5.27. The molecule has 3 amide bonds. The van der Waals surface area contributed by atoms with Gasteiger partial charge in [0, 0.05) is 21.7 Å². The Morgan fingerprint density at radius 1 is 0.897 bits per heavy atom. The predicted octanol–water partition coefficient (Wildman–Crippen LogP) is 5.13. The largest absolute Gasteiger partial charge is 0.322 e. The van der Waals surface area contributed by atoms with Crippen molar-refractivity contribution in [2.45, 2.75) is 20.0 Å². The van der Waals surface area contributed by atoms with Gasteiger partial charge in [-0.05, 0) is 49.2 Å². The van der Waals surface area contributed by atoms with Crippen LogP contribution in [0.4, 0.5) is 11.5 Å². The third-order valence-electron chi connectivity index (χ3n) is 6.22. The van der Waals surface area contributed by atoms with Crippen LogP contribution in [0.5, 0.6) is 0 Å². The van der Waals surface area contributed by atoms with Crippen LogP contribution in [0.25, 0.3) is 0 Å². The highest BCUT2D eigenvalue weighted by molar-refractivity contribution is 6.36. The lowest BCUT2D eigenvalue weighted by Crippen LogP contribution is -2.42.